The van der Waals surface area contributed by atoms with Crippen LogP contribution in [0.1, 0.15) is 5.56 Å². The van der Waals surface area contributed by atoms with Crippen molar-refractivity contribution in [2.24, 2.45) is 0 Å². The molecule has 0 unspecified atom stereocenters. The van der Waals surface area contributed by atoms with Gasteiger partial charge in [0, 0.05) is 6.42 Å². The molecular formula is C11H12Cl2O2. The molecule has 1 aromatic rings. The lowest BCUT2D eigenvalue weighted by Gasteiger charge is -2.28. The van der Waals surface area contributed by atoms with Gasteiger partial charge in [0.25, 0.3) is 0 Å². The lowest BCUT2D eigenvalue weighted by molar-refractivity contribution is -0.144. The van der Waals surface area contributed by atoms with E-state index in [0.29, 0.717) is 19.6 Å². The molecule has 0 spiro atoms. The van der Waals surface area contributed by atoms with Crippen LogP contribution in [0.25, 0.3) is 0 Å². The van der Waals surface area contributed by atoms with Gasteiger partial charge in [0.2, 0.25) is 5.79 Å². The van der Waals surface area contributed by atoms with E-state index in [-0.39, 0.29) is 0 Å². The summed E-state index contributed by atoms with van der Waals surface area (Å²) in [5.74, 6) is -0.871. The van der Waals surface area contributed by atoms with Crippen LogP contribution in [0, 0.1) is 0 Å². The Hall–Kier alpha value is -0.280. The zero-order chi connectivity index (χ0) is 10.7. The molecule has 1 saturated heterocycles. The molecule has 2 rings (SSSR count). The highest BCUT2D eigenvalue weighted by atomic mass is 35.5. The van der Waals surface area contributed by atoms with Gasteiger partial charge in [-0.1, -0.05) is 53.5 Å². The van der Waals surface area contributed by atoms with Gasteiger partial charge in [-0.2, -0.15) is 0 Å². The highest BCUT2D eigenvalue weighted by Crippen LogP contribution is 2.33. The summed E-state index contributed by atoms with van der Waals surface area (Å²) in [5.41, 5.74) is 1.10. The maximum absolute atomic E-state index is 5.91. The van der Waals surface area contributed by atoms with Gasteiger partial charge in [0.15, 0.2) is 4.84 Å². The van der Waals surface area contributed by atoms with Crippen LogP contribution in [-0.2, 0) is 15.9 Å². The van der Waals surface area contributed by atoms with Crippen molar-refractivity contribution >= 4 is 23.2 Å². The van der Waals surface area contributed by atoms with Crippen LogP contribution in [0.4, 0.5) is 0 Å². The van der Waals surface area contributed by atoms with Crippen LogP contribution in [0.3, 0.4) is 0 Å². The smallest absolute Gasteiger partial charge is 0.203 e. The third kappa shape index (κ3) is 2.45. The number of alkyl halides is 2. The van der Waals surface area contributed by atoms with E-state index in [2.05, 4.69) is 0 Å². The van der Waals surface area contributed by atoms with E-state index in [1.54, 1.807) is 0 Å². The van der Waals surface area contributed by atoms with Gasteiger partial charge in [0.05, 0.1) is 13.2 Å². The van der Waals surface area contributed by atoms with Crippen LogP contribution in [0.2, 0.25) is 0 Å². The van der Waals surface area contributed by atoms with Gasteiger partial charge in [0.1, 0.15) is 0 Å². The molecule has 0 radical (unpaired) electrons. The zero-order valence-electron chi connectivity index (χ0n) is 8.16. The molecule has 1 aliphatic rings. The van der Waals surface area contributed by atoms with E-state index in [1.807, 2.05) is 30.3 Å². The maximum Gasteiger partial charge on any atom is 0.203 e. The molecule has 82 valence electrons. The highest BCUT2D eigenvalue weighted by molar-refractivity contribution is 6.45. The molecule has 2 nitrogen and oxygen atoms in total. The highest BCUT2D eigenvalue weighted by Gasteiger charge is 2.42. The minimum absolute atomic E-state index is 0.544. The molecule has 0 aliphatic carbocycles. The fraction of sp³-hybridized carbons (Fsp3) is 0.455. The second kappa shape index (κ2) is 4.71. The van der Waals surface area contributed by atoms with Crippen LogP contribution in [0.5, 0.6) is 0 Å². The molecule has 0 aromatic heterocycles. The molecule has 0 saturated carbocycles. The Kier molecular flexibility index (Phi) is 3.52. The minimum Gasteiger partial charge on any atom is -0.345 e. The predicted molar refractivity (Wildman–Crippen MR) is 60.3 cm³/mol. The molecule has 0 bridgehead atoms. The Balaban J connectivity index is 2.14. The molecule has 0 atom stereocenters. The number of hydrogen-bond donors (Lipinski definition) is 0. The number of benzene rings is 1. The first kappa shape index (κ1) is 11.2. The summed E-state index contributed by atoms with van der Waals surface area (Å²) in [6.45, 7) is 1.09. The van der Waals surface area contributed by atoms with Crippen molar-refractivity contribution in [3.05, 3.63) is 35.9 Å². The summed E-state index contributed by atoms with van der Waals surface area (Å²) in [4.78, 5) is -0.680. The summed E-state index contributed by atoms with van der Waals surface area (Å²) in [5, 5.41) is 0. The number of halogens is 2. The van der Waals surface area contributed by atoms with Crippen molar-refractivity contribution in [3.8, 4) is 0 Å². The van der Waals surface area contributed by atoms with Crippen LogP contribution in [0.15, 0.2) is 30.3 Å². The molecule has 1 fully saturated rings. The van der Waals surface area contributed by atoms with E-state index < -0.39 is 10.6 Å². The summed E-state index contributed by atoms with van der Waals surface area (Å²) in [7, 11) is 0. The summed E-state index contributed by atoms with van der Waals surface area (Å²) in [6.07, 6.45) is 0.575. The van der Waals surface area contributed by atoms with E-state index in [1.165, 1.54) is 0 Å². The fourth-order valence-corrected chi connectivity index (χ4v) is 2.06. The van der Waals surface area contributed by atoms with Crippen LogP contribution < -0.4 is 0 Å². The quantitative estimate of drug-likeness (QED) is 0.764. The van der Waals surface area contributed by atoms with Crippen molar-refractivity contribution < 1.29 is 9.47 Å². The molecule has 1 aliphatic heterocycles. The van der Waals surface area contributed by atoms with Gasteiger partial charge in [-0.25, -0.2) is 0 Å². The summed E-state index contributed by atoms with van der Waals surface area (Å²) < 4.78 is 11.0. The SMILES string of the molecule is ClC(Cl)C1(Cc2ccccc2)OCCO1. The Labute approximate surface area is 99.1 Å². The van der Waals surface area contributed by atoms with E-state index in [0.717, 1.165) is 5.56 Å². The first-order valence-electron chi connectivity index (χ1n) is 4.83. The fourth-order valence-electron chi connectivity index (χ4n) is 1.66. The van der Waals surface area contributed by atoms with Gasteiger partial charge in [-0.15, -0.1) is 0 Å². The number of hydrogen-bond acceptors (Lipinski definition) is 2. The predicted octanol–water partition coefficient (Wildman–Crippen LogP) is 2.78. The lowest BCUT2D eigenvalue weighted by Crippen LogP contribution is -2.39. The Bertz CT molecular complexity index is 308. The van der Waals surface area contributed by atoms with Gasteiger partial charge in [-0.3, -0.25) is 0 Å². The number of rotatable bonds is 3. The second-order valence-corrected chi connectivity index (χ2v) is 4.57. The Morgan fingerprint density at radius 1 is 1.13 bits per heavy atom. The largest absolute Gasteiger partial charge is 0.345 e. The average molecular weight is 247 g/mol. The molecule has 1 aromatic carbocycles. The maximum atomic E-state index is 5.91. The monoisotopic (exact) mass is 246 g/mol. The summed E-state index contributed by atoms with van der Waals surface area (Å²) in [6, 6.07) is 9.90. The molecule has 15 heavy (non-hydrogen) atoms. The average Bonchev–Trinajstić information content (AvgIpc) is 2.69. The van der Waals surface area contributed by atoms with Gasteiger partial charge in [-0.05, 0) is 5.56 Å². The van der Waals surface area contributed by atoms with Crippen LogP contribution >= 0.6 is 23.2 Å². The first-order valence-corrected chi connectivity index (χ1v) is 5.70. The van der Waals surface area contributed by atoms with Crippen LogP contribution in [-0.4, -0.2) is 23.8 Å². The molecule has 1 heterocycles. The van der Waals surface area contributed by atoms with Crippen molar-refractivity contribution in [1.29, 1.82) is 0 Å². The minimum atomic E-state index is -0.871. The van der Waals surface area contributed by atoms with E-state index in [9.17, 15) is 0 Å². The molecular weight excluding hydrogens is 235 g/mol. The van der Waals surface area contributed by atoms with Gasteiger partial charge < -0.3 is 9.47 Å². The topological polar surface area (TPSA) is 18.5 Å². The molecule has 4 heteroatoms. The zero-order valence-corrected chi connectivity index (χ0v) is 9.67. The van der Waals surface area contributed by atoms with Crippen molar-refractivity contribution in [3.63, 3.8) is 0 Å². The molecule has 0 amide bonds. The first-order chi connectivity index (χ1) is 7.23. The summed E-state index contributed by atoms with van der Waals surface area (Å²) >= 11 is 11.8. The van der Waals surface area contributed by atoms with Crippen molar-refractivity contribution in [1.82, 2.24) is 0 Å². The van der Waals surface area contributed by atoms with Crippen molar-refractivity contribution in [2.75, 3.05) is 13.2 Å². The second-order valence-electron chi connectivity index (χ2n) is 3.47. The lowest BCUT2D eigenvalue weighted by atomic mass is 10.1. The Morgan fingerprint density at radius 2 is 1.73 bits per heavy atom. The third-order valence-corrected chi connectivity index (χ3v) is 3.07. The van der Waals surface area contributed by atoms with E-state index in [4.69, 9.17) is 32.7 Å². The molecule has 0 N–H and O–H groups in total. The Morgan fingerprint density at radius 3 is 2.27 bits per heavy atom. The van der Waals surface area contributed by atoms with Gasteiger partial charge >= 0.3 is 0 Å². The van der Waals surface area contributed by atoms with Crippen molar-refractivity contribution in [2.45, 2.75) is 17.0 Å². The van der Waals surface area contributed by atoms with E-state index >= 15 is 0 Å². The normalized spacial score (nSPS) is 19.7. The standard InChI is InChI=1S/C11H12Cl2O2/c12-10(13)11(14-6-7-15-11)8-9-4-2-1-3-5-9/h1-5,10H,6-8H2. The number of ether oxygens (including phenoxy) is 2. The third-order valence-electron chi connectivity index (χ3n) is 2.40.